The molecule has 0 amide bonds. The fourth-order valence-electron chi connectivity index (χ4n) is 7.47. The van der Waals surface area contributed by atoms with E-state index in [1.54, 1.807) is 14.2 Å². The molecule has 0 aromatic heterocycles. The highest BCUT2D eigenvalue weighted by molar-refractivity contribution is 6.99. The molecule has 0 aliphatic carbocycles. The largest absolute Gasteiger partial charge is 0.493 e. The first kappa shape index (κ1) is 31.5. The van der Waals surface area contributed by atoms with E-state index in [1.807, 2.05) is 0 Å². The number of ketones is 1. The maximum atomic E-state index is 13.6. The van der Waals surface area contributed by atoms with E-state index in [4.69, 9.17) is 13.9 Å². The van der Waals surface area contributed by atoms with Gasteiger partial charge >= 0.3 is 0 Å². The molecule has 0 spiro atoms. The summed E-state index contributed by atoms with van der Waals surface area (Å²) in [5.74, 6) is 1.92. The summed E-state index contributed by atoms with van der Waals surface area (Å²) in [5.41, 5.74) is 2.46. The minimum Gasteiger partial charge on any atom is -0.493 e. The number of fused-ring (bicyclic) bond motifs is 3. The first-order valence-corrected chi connectivity index (χ1v) is 17.7. The second-order valence-corrected chi connectivity index (χ2v) is 18.5. The molecule has 6 heteroatoms. The number of Topliss-reactive ketones (excluding diaryl/α,β-unsaturated/α-hetero) is 1. The van der Waals surface area contributed by atoms with Gasteiger partial charge in [0.1, 0.15) is 5.78 Å². The second-order valence-electron chi connectivity index (χ2n) is 14.2. The van der Waals surface area contributed by atoms with Gasteiger partial charge in [0.15, 0.2) is 11.5 Å². The molecule has 2 aliphatic heterocycles. The predicted molar refractivity (Wildman–Crippen MR) is 177 cm³/mol. The van der Waals surface area contributed by atoms with E-state index in [1.165, 1.54) is 21.5 Å². The molecule has 1 fully saturated rings. The van der Waals surface area contributed by atoms with Crippen molar-refractivity contribution in [3.05, 3.63) is 83.9 Å². The third-order valence-corrected chi connectivity index (χ3v) is 14.8. The lowest BCUT2D eigenvalue weighted by atomic mass is 9.74. The van der Waals surface area contributed by atoms with E-state index in [0.717, 1.165) is 43.9 Å². The summed E-state index contributed by atoms with van der Waals surface area (Å²) >= 11 is 0. The number of hydrogen-bond acceptors (Lipinski definition) is 5. The number of nitrogens with zero attached hydrogens (tertiary/aromatic N) is 1. The normalized spacial score (nSPS) is 19.5. The number of rotatable bonds is 10. The van der Waals surface area contributed by atoms with Crippen molar-refractivity contribution in [1.82, 2.24) is 4.90 Å². The molecule has 230 valence electrons. The third kappa shape index (κ3) is 6.33. The average molecular weight is 600 g/mol. The van der Waals surface area contributed by atoms with Gasteiger partial charge in [-0.25, -0.2) is 0 Å². The van der Waals surface area contributed by atoms with Crippen molar-refractivity contribution >= 4 is 24.5 Å². The lowest BCUT2D eigenvalue weighted by molar-refractivity contribution is -0.130. The highest BCUT2D eigenvalue weighted by atomic mass is 28.4. The van der Waals surface area contributed by atoms with Crippen LogP contribution < -0.4 is 19.8 Å². The van der Waals surface area contributed by atoms with Crippen molar-refractivity contribution in [3.8, 4) is 11.5 Å². The summed E-state index contributed by atoms with van der Waals surface area (Å²) in [5, 5.41) is 2.56. The molecule has 5 rings (SSSR count). The van der Waals surface area contributed by atoms with Crippen LogP contribution in [-0.4, -0.2) is 52.9 Å². The van der Waals surface area contributed by atoms with E-state index in [2.05, 4.69) is 112 Å². The first-order valence-electron chi connectivity index (χ1n) is 15.8. The lowest BCUT2D eigenvalue weighted by Crippen LogP contribution is -2.66. The molecule has 1 saturated heterocycles. The highest BCUT2D eigenvalue weighted by Crippen LogP contribution is 2.44. The molecule has 0 radical (unpaired) electrons. The van der Waals surface area contributed by atoms with Gasteiger partial charge in [-0.05, 0) is 63.3 Å². The molecule has 2 atom stereocenters. The Labute approximate surface area is 259 Å². The lowest BCUT2D eigenvalue weighted by Gasteiger charge is -2.45. The van der Waals surface area contributed by atoms with Crippen molar-refractivity contribution in [3.63, 3.8) is 0 Å². The van der Waals surface area contributed by atoms with Crippen LogP contribution in [0, 0.1) is 11.3 Å². The molecular formula is C37H49NO4Si. The van der Waals surface area contributed by atoms with Crippen LogP contribution in [0.5, 0.6) is 11.5 Å². The van der Waals surface area contributed by atoms with Gasteiger partial charge < -0.3 is 13.9 Å². The Morgan fingerprint density at radius 2 is 1.44 bits per heavy atom. The Bertz CT molecular complexity index is 1360. The van der Waals surface area contributed by atoms with Crippen LogP contribution in [0.2, 0.25) is 5.04 Å². The Balaban J connectivity index is 1.30. The van der Waals surface area contributed by atoms with E-state index in [-0.39, 0.29) is 22.4 Å². The minimum absolute atomic E-state index is 0.0250. The first-order chi connectivity index (χ1) is 20.5. The van der Waals surface area contributed by atoms with Gasteiger partial charge in [0.2, 0.25) is 0 Å². The number of piperidine rings is 1. The van der Waals surface area contributed by atoms with Crippen LogP contribution in [0.15, 0.2) is 72.8 Å². The van der Waals surface area contributed by atoms with Crippen LogP contribution in [0.4, 0.5) is 0 Å². The third-order valence-electron chi connectivity index (χ3n) is 9.73. The molecule has 0 saturated carbocycles. The SMILES string of the molecule is COc1cc2c(cc1OC)[C@H]1CC(=O)[C@H](CC(C)(C)CCO[Si](c3ccccc3)(c3ccccc3)C(C)(C)C)CN1CC2. The van der Waals surface area contributed by atoms with Gasteiger partial charge in [0.05, 0.1) is 14.2 Å². The standard InChI is InChI=1S/C37H49NO4Si/c1-36(2,3)43(29-14-10-8-11-15-29,30-16-12-9-13-17-30)42-21-19-37(4,5)25-28-26-38-20-18-27-22-34(40-6)35(41-7)23-31(27)32(38)24-33(28)39/h8-17,22-23,28,32H,18-21,24-26H2,1-7H3/t28-,32-/m1/s1. The van der Waals surface area contributed by atoms with Gasteiger partial charge in [-0.3, -0.25) is 9.69 Å². The molecule has 2 aliphatic rings. The van der Waals surface area contributed by atoms with E-state index in [0.29, 0.717) is 18.8 Å². The minimum atomic E-state index is -2.58. The van der Waals surface area contributed by atoms with E-state index in [9.17, 15) is 4.79 Å². The van der Waals surface area contributed by atoms with Crippen molar-refractivity contribution in [1.29, 1.82) is 0 Å². The Kier molecular flexibility index (Phi) is 9.22. The quantitative estimate of drug-likeness (QED) is 0.247. The summed E-state index contributed by atoms with van der Waals surface area (Å²) < 4.78 is 18.3. The summed E-state index contributed by atoms with van der Waals surface area (Å²) in [6.07, 6.45) is 3.30. The topological polar surface area (TPSA) is 48.0 Å². The van der Waals surface area contributed by atoms with Crippen molar-refractivity contribution in [2.75, 3.05) is 33.9 Å². The van der Waals surface area contributed by atoms with Crippen molar-refractivity contribution in [2.45, 2.75) is 71.4 Å². The maximum absolute atomic E-state index is 13.6. The van der Waals surface area contributed by atoms with Crippen LogP contribution in [-0.2, 0) is 15.6 Å². The number of methoxy groups -OCH3 is 2. The van der Waals surface area contributed by atoms with E-state index < -0.39 is 8.32 Å². The zero-order valence-corrected chi connectivity index (χ0v) is 28.1. The van der Waals surface area contributed by atoms with Gasteiger partial charge in [0, 0.05) is 38.1 Å². The van der Waals surface area contributed by atoms with Crippen molar-refractivity contribution in [2.24, 2.45) is 11.3 Å². The molecular weight excluding hydrogens is 550 g/mol. The summed E-state index contributed by atoms with van der Waals surface area (Å²) in [6.45, 7) is 14.0. The Morgan fingerprint density at radius 3 is 2.00 bits per heavy atom. The fraction of sp³-hybridized carbons (Fsp3) is 0.486. The van der Waals surface area contributed by atoms with Crippen LogP contribution >= 0.6 is 0 Å². The van der Waals surface area contributed by atoms with Crippen LogP contribution in [0.25, 0.3) is 0 Å². The zero-order chi connectivity index (χ0) is 30.8. The molecule has 3 aromatic carbocycles. The number of carbonyl (C=O) groups excluding carboxylic acids is 1. The van der Waals surface area contributed by atoms with Gasteiger partial charge in [0.25, 0.3) is 8.32 Å². The molecule has 0 unspecified atom stereocenters. The smallest absolute Gasteiger partial charge is 0.261 e. The Morgan fingerprint density at radius 1 is 0.860 bits per heavy atom. The predicted octanol–water partition coefficient (Wildman–Crippen LogP) is 6.58. The number of carbonyl (C=O) groups is 1. The Hall–Kier alpha value is -2.93. The van der Waals surface area contributed by atoms with Crippen LogP contribution in [0.3, 0.4) is 0 Å². The molecule has 3 aromatic rings. The molecule has 0 N–H and O–H groups in total. The van der Waals surface area contributed by atoms with Crippen molar-refractivity contribution < 1.29 is 18.7 Å². The average Bonchev–Trinajstić information content (AvgIpc) is 2.99. The number of ether oxygens (including phenoxy) is 2. The van der Waals surface area contributed by atoms with Gasteiger partial charge in [-0.2, -0.15) is 0 Å². The molecule has 0 bridgehead atoms. The zero-order valence-electron chi connectivity index (χ0n) is 27.1. The molecule has 2 heterocycles. The van der Waals surface area contributed by atoms with Crippen LogP contribution in [0.1, 0.15) is 71.0 Å². The highest BCUT2D eigenvalue weighted by Gasteiger charge is 2.50. The number of hydrogen-bond donors (Lipinski definition) is 0. The second kappa shape index (κ2) is 12.6. The van der Waals surface area contributed by atoms with Gasteiger partial charge in [-0.1, -0.05) is 95.3 Å². The summed E-state index contributed by atoms with van der Waals surface area (Å²) in [7, 11) is 0.768. The van der Waals surface area contributed by atoms with E-state index >= 15 is 0 Å². The van der Waals surface area contributed by atoms with Gasteiger partial charge in [-0.15, -0.1) is 0 Å². The summed E-state index contributed by atoms with van der Waals surface area (Å²) in [6, 6.07) is 26.0. The maximum Gasteiger partial charge on any atom is 0.261 e. The fourth-order valence-corrected chi connectivity index (χ4v) is 12.0. The summed E-state index contributed by atoms with van der Waals surface area (Å²) in [4.78, 5) is 16.2. The molecule has 43 heavy (non-hydrogen) atoms. The monoisotopic (exact) mass is 599 g/mol. The molecule has 5 nitrogen and oxygen atoms in total. The number of benzene rings is 3.